The van der Waals surface area contributed by atoms with Gasteiger partial charge in [-0.1, -0.05) is 13.0 Å². The van der Waals surface area contributed by atoms with Crippen LogP contribution in [-0.2, 0) is 6.54 Å². The first-order valence-corrected chi connectivity index (χ1v) is 6.40. The zero-order valence-corrected chi connectivity index (χ0v) is 11.2. The molecule has 3 N–H and O–H groups in total. The van der Waals surface area contributed by atoms with Gasteiger partial charge in [-0.05, 0) is 36.6 Å². The fourth-order valence-corrected chi connectivity index (χ4v) is 2.21. The van der Waals surface area contributed by atoms with E-state index in [0.29, 0.717) is 0 Å². The van der Waals surface area contributed by atoms with E-state index in [1.807, 2.05) is 17.8 Å². The van der Waals surface area contributed by atoms with Crippen molar-refractivity contribution >= 4 is 0 Å². The Labute approximate surface area is 112 Å². The number of benzene rings is 1. The van der Waals surface area contributed by atoms with Gasteiger partial charge in [0, 0.05) is 18.3 Å². The van der Waals surface area contributed by atoms with Crippen molar-refractivity contribution in [1.82, 2.24) is 15.2 Å². The summed E-state index contributed by atoms with van der Waals surface area (Å²) < 4.78 is 15.0. The van der Waals surface area contributed by atoms with Crippen LogP contribution < -0.4 is 11.3 Å². The molecule has 1 unspecified atom stereocenters. The molecule has 0 aliphatic heterocycles. The molecule has 0 spiro atoms. The Bertz CT molecular complexity index is 550. The summed E-state index contributed by atoms with van der Waals surface area (Å²) in [6.07, 6.45) is 4.79. The van der Waals surface area contributed by atoms with Gasteiger partial charge in [-0.15, -0.1) is 0 Å². The van der Waals surface area contributed by atoms with E-state index in [1.54, 1.807) is 12.3 Å². The quantitative estimate of drug-likeness (QED) is 0.642. The number of aromatic nitrogens is 2. The van der Waals surface area contributed by atoms with Gasteiger partial charge in [-0.3, -0.25) is 10.5 Å². The van der Waals surface area contributed by atoms with Crippen LogP contribution in [0.5, 0.6) is 0 Å². The Kier molecular flexibility index (Phi) is 4.29. The Morgan fingerprint density at radius 3 is 2.89 bits per heavy atom. The molecule has 19 heavy (non-hydrogen) atoms. The third-order valence-electron chi connectivity index (χ3n) is 3.15. The lowest BCUT2D eigenvalue weighted by Gasteiger charge is -2.17. The van der Waals surface area contributed by atoms with Gasteiger partial charge in [0.05, 0.1) is 12.2 Å². The molecule has 2 aromatic rings. The number of nitrogens with zero attached hydrogens (tertiary/aromatic N) is 2. The molecular formula is C14H19FN4. The predicted molar refractivity (Wildman–Crippen MR) is 72.8 cm³/mol. The third-order valence-corrected chi connectivity index (χ3v) is 3.15. The average Bonchev–Trinajstić information content (AvgIpc) is 2.82. The number of hydrogen-bond acceptors (Lipinski definition) is 3. The highest BCUT2D eigenvalue weighted by atomic mass is 19.1. The molecule has 0 bridgehead atoms. The lowest BCUT2D eigenvalue weighted by molar-refractivity contribution is 0.596. The monoisotopic (exact) mass is 262 g/mol. The van der Waals surface area contributed by atoms with Gasteiger partial charge in [0.15, 0.2) is 0 Å². The fraction of sp³-hybridized carbons (Fsp3) is 0.357. The second-order valence-corrected chi connectivity index (χ2v) is 4.64. The maximum atomic E-state index is 13.2. The van der Waals surface area contributed by atoms with Crippen molar-refractivity contribution in [2.24, 2.45) is 5.84 Å². The summed E-state index contributed by atoms with van der Waals surface area (Å²) in [6, 6.07) is 4.54. The molecular weight excluding hydrogens is 243 g/mol. The standard InChI is InChI=1S/C14H19FN4/c1-3-6-19-9-11(8-17-19)14(18-16)13-5-4-12(15)7-10(13)2/h4-5,7-9,14,18H,3,6,16H2,1-2H3. The molecule has 5 heteroatoms. The molecule has 1 aromatic carbocycles. The van der Waals surface area contributed by atoms with E-state index < -0.39 is 0 Å². The number of hydrogen-bond donors (Lipinski definition) is 2. The Morgan fingerprint density at radius 1 is 1.47 bits per heavy atom. The molecule has 2 rings (SSSR count). The summed E-state index contributed by atoms with van der Waals surface area (Å²) in [7, 11) is 0. The molecule has 1 atom stereocenters. The normalized spacial score (nSPS) is 12.6. The molecule has 0 amide bonds. The van der Waals surface area contributed by atoms with Crippen molar-refractivity contribution in [3.8, 4) is 0 Å². The number of aryl methyl sites for hydroxylation is 2. The van der Waals surface area contributed by atoms with Crippen LogP contribution in [0.25, 0.3) is 0 Å². The second kappa shape index (κ2) is 5.95. The minimum Gasteiger partial charge on any atom is -0.272 e. The minimum atomic E-state index is -0.237. The van der Waals surface area contributed by atoms with Gasteiger partial charge in [-0.2, -0.15) is 5.10 Å². The van der Waals surface area contributed by atoms with Crippen LogP contribution in [0.4, 0.5) is 4.39 Å². The zero-order chi connectivity index (χ0) is 13.8. The van der Waals surface area contributed by atoms with Crippen LogP contribution in [0, 0.1) is 12.7 Å². The van der Waals surface area contributed by atoms with Gasteiger partial charge in [0.25, 0.3) is 0 Å². The van der Waals surface area contributed by atoms with E-state index >= 15 is 0 Å². The second-order valence-electron chi connectivity index (χ2n) is 4.64. The van der Waals surface area contributed by atoms with Gasteiger partial charge in [-0.25, -0.2) is 9.82 Å². The van der Waals surface area contributed by atoms with E-state index in [2.05, 4.69) is 17.4 Å². The van der Waals surface area contributed by atoms with Crippen molar-refractivity contribution in [2.45, 2.75) is 32.9 Å². The Morgan fingerprint density at radius 2 is 2.26 bits per heavy atom. The van der Waals surface area contributed by atoms with Crippen molar-refractivity contribution in [3.63, 3.8) is 0 Å². The molecule has 0 aliphatic carbocycles. The van der Waals surface area contributed by atoms with Gasteiger partial charge in [0.1, 0.15) is 5.82 Å². The molecule has 0 saturated heterocycles. The SMILES string of the molecule is CCCn1cc(C(NN)c2ccc(F)cc2C)cn1. The third kappa shape index (κ3) is 3.00. The molecule has 0 fully saturated rings. The highest BCUT2D eigenvalue weighted by Gasteiger charge is 2.16. The number of rotatable bonds is 5. The van der Waals surface area contributed by atoms with Crippen molar-refractivity contribution in [1.29, 1.82) is 0 Å². The Balaban J connectivity index is 2.32. The Hall–Kier alpha value is -1.72. The lowest BCUT2D eigenvalue weighted by Crippen LogP contribution is -2.29. The summed E-state index contributed by atoms with van der Waals surface area (Å²) in [5.41, 5.74) is 5.58. The number of halogens is 1. The van der Waals surface area contributed by atoms with Crippen LogP contribution in [0.1, 0.15) is 36.1 Å². The zero-order valence-electron chi connectivity index (χ0n) is 11.2. The number of hydrazine groups is 1. The van der Waals surface area contributed by atoms with Crippen LogP contribution in [-0.4, -0.2) is 9.78 Å². The highest BCUT2D eigenvalue weighted by molar-refractivity contribution is 5.35. The maximum Gasteiger partial charge on any atom is 0.123 e. The van der Waals surface area contributed by atoms with Crippen LogP contribution >= 0.6 is 0 Å². The minimum absolute atomic E-state index is 0.175. The summed E-state index contributed by atoms with van der Waals surface area (Å²) in [5.74, 6) is 5.41. The first-order chi connectivity index (χ1) is 9.15. The van der Waals surface area contributed by atoms with Crippen LogP contribution in [0.3, 0.4) is 0 Å². The van der Waals surface area contributed by atoms with E-state index in [1.165, 1.54) is 12.1 Å². The van der Waals surface area contributed by atoms with E-state index in [9.17, 15) is 4.39 Å². The molecule has 0 radical (unpaired) electrons. The predicted octanol–water partition coefficient (Wildman–Crippen LogP) is 2.29. The summed E-state index contributed by atoms with van der Waals surface area (Å²) in [6.45, 7) is 4.85. The van der Waals surface area contributed by atoms with Gasteiger partial charge < -0.3 is 0 Å². The summed E-state index contributed by atoms with van der Waals surface area (Å²) in [4.78, 5) is 0. The molecule has 102 valence electrons. The molecule has 1 heterocycles. The lowest BCUT2D eigenvalue weighted by atomic mass is 9.97. The van der Waals surface area contributed by atoms with Crippen LogP contribution in [0.2, 0.25) is 0 Å². The maximum absolute atomic E-state index is 13.2. The topological polar surface area (TPSA) is 55.9 Å². The van der Waals surface area contributed by atoms with Crippen LogP contribution in [0.15, 0.2) is 30.6 Å². The fourth-order valence-electron chi connectivity index (χ4n) is 2.21. The first kappa shape index (κ1) is 13.7. The van der Waals surface area contributed by atoms with E-state index in [-0.39, 0.29) is 11.9 Å². The molecule has 0 saturated carbocycles. The summed E-state index contributed by atoms with van der Waals surface area (Å²) in [5, 5.41) is 4.29. The largest absolute Gasteiger partial charge is 0.272 e. The van der Waals surface area contributed by atoms with Crippen molar-refractivity contribution in [3.05, 3.63) is 53.1 Å². The summed E-state index contributed by atoms with van der Waals surface area (Å²) >= 11 is 0. The van der Waals surface area contributed by atoms with Crippen molar-refractivity contribution in [2.75, 3.05) is 0 Å². The molecule has 4 nitrogen and oxygen atoms in total. The first-order valence-electron chi connectivity index (χ1n) is 6.40. The smallest absolute Gasteiger partial charge is 0.123 e. The van der Waals surface area contributed by atoms with Gasteiger partial charge >= 0.3 is 0 Å². The van der Waals surface area contributed by atoms with E-state index in [0.717, 1.165) is 29.7 Å². The number of nitrogens with two attached hydrogens (primary N) is 1. The molecule has 1 aromatic heterocycles. The van der Waals surface area contributed by atoms with Crippen molar-refractivity contribution < 1.29 is 4.39 Å². The molecule has 0 aliphatic rings. The van der Waals surface area contributed by atoms with E-state index in [4.69, 9.17) is 5.84 Å². The number of nitrogens with one attached hydrogen (secondary N) is 1. The average molecular weight is 262 g/mol. The van der Waals surface area contributed by atoms with Gasteiger partial charge in [0.2, 0.25) is 0 Å². The highest BCUT2D eigenvalue weighted by Crippen LogP contribution is 2.24.